The van der Waals surface area contributed by atoms with E-state index in [1.54, 1.807) is 6.92 Å². The van der Waals surface area contributed by atoms with Crippen LogP contribution in [0.2, 0.25) is 0 Å². The number of nitrogens with two attached hydrogens (primary N) is 1. The van der Waals surface area contributed by atoms with Crippen LogP contribution in [-0.2, 0) is 4.74 Å². The number of hydrogen-bond donors (Lipinski definition) is 1. The molecule has 0 aliphatic carbocycles. The summed E-state index contributed by atoms with van der Waals surface area (Å²) in [7, 11) is 0. The first-order valence-electron chi connectivity index (χ1n) is 6.48. The summed E-state index contributed by atoms with van der Waals surface area (Å²) in [6.45, 7) is 4.00. The molecule has 3 aromatic heterocycles. The monoisotopic (exact) mass is 299 g/mol. The lowest BCUT2D eigenvalue weighted by Gasteiger charge is -2.02. The molecule has 0 radical (unpaired) electrons. The molecular weight excluding hydrogens is 286 g/mol. The molecule has 6 heteroatoms. The van der Waals surface area contributed by atoms with Crippen molar-refractivity contribution in [3.05, 3.63) is 34.3 Å². The summed E-state index contributed by atoms with van der Waals surface area (Å²) in [6.07, 6.45) is 1.87. The molecule has 5 nitrogen and oxygen atoms in total. The topological polar surface area (TPSA) is 80.5 Å². The predicted molar refractivity (Wildman–Crippen MR) is 82.6 cm³/mol. The van der Waals surface area contributed by atoms with Crippen LogP contribution in [0.4, 0.5) is 5.69 Å². The van der Waals surface area contributed by atoms with E-state index in [1.165, 1.54) is 11.3 Å². The first-order chi connectivity index (χ1) is 10.1. The van der Waals surface area contributed by atoms with Crippen LogP contribution in [0.25, 0.3) is 15.7 Å². The predicted octanol–water partition coefficient (Wildman–Crippen LogP) is 3.09. The van der Waals surface area contributed by atoms with E-state index >= 15 is 0 Å². The minimum Gasteiger partial charge on any atom is -0.462 e. The fourth-order valence-electron chi connectivity index (χ4n) is 2.41. The lowest BCUT2D eigenvalue weighted by atomic mass is 10.2. The van der Waals surface area contributed by atoms with Gasteiger partial charge >= 0.3 is 5.97 Å². The number of pyridine rings is 1. The van der Waals surface area contributed by atoms with Gasteiger partial charge in [0.2, 0.25) is 0 Å². The van der Waals surface area contributed by atoms with Crippen molar-refractivity contribution >= 4 is 38.7 Å². The van der Waals surface area contributed by atoms with E-state index in [-0.39, 0.29) is 0 Å². The van der Waals surface area contributed by atoms with Crippen LogP contribution in [-0.4, -0.2) is 17.0 Å². The normalized spacial score (nSPS) is 10.9. The average Bonchev–Trinajstić information content (AvgIpc) is 2.93. The molecule has 3 rings (SSSR count). The van der Waals surface area contributed by atoms with E-state index in [0.29, 0.717) is 28.3 Å². The van der Waals surface area contributed by atoms with Crippen LogP contribution in [0.15, 0.2) is 18.3 Å². The maximum Gasteiger partial charge on any atom is 0.350 e. The zero-order chi connectivity index (χ0) is 15.1. The van der Waals surface area contributed by atoms with Crippen molar-refractivity contribution in [1.82, 2.24) is 4.40 Å². The summed E-state index contributed by atoms with van der Waals surface area (Å²) in [5, 5.41) is 9.44. The van der Waals surface area contributed by atoms with Gasteiger partial charge in [0.25, 0.3) is 0 Å². The molecule has 0 atom stereocenters. The number of carbonyl (C=O) groups excluding carboxylic acids is 1. The second-order valence-electron chi connectivity index (χ2n) is 4.69. The molecular formula is C15H13N3O2S. The molecule has 0 aliphatic heterocycles. The number of thiophene rings is 1. The molecule has 21 heavy (non-hydrogen) atoms. The Bertz CT molecular complexity index is 915. The van der Waals surface area contributed by atoms with E-state index in [2.05, 4.69) is 6.07 Å². The van der Waals surface area contributed by atoms with E-state index in [1.807, 2.05) is 29.7 Å². The zero-order valence-electron chi connectivity index (χ0n) is 11.6. The maximum atomic E-state index is 11.9. The SMILES string of the molecule is CCOC(=O)c1sc2c(C#N)c3cc(C)ccn3c2c1N. The van der Waals surface area contributed by atoms with E-state index in [9.17, 15) is 10.1 Å². The fourth-order valence-corrected chi connectivity index (χ4v) is 3.52. The van der Waals surface area contributed by atoms with E-state index in [4.69, 9.17) is 10.5 Å². The number of aromatic nitrogens is 1. The number of hydrogen-bond acceptors (Lipinski definition) is 5. The second kappa shape index (κ2) is 4.79. The van der Waals surface area contributed by atoms with Crippen molar-refractivity contribution in [1.29, 1.82) is 5.26 Å². The van der Waals surface area contributed by atoms with Crippen LogP contribution in [0.5, 0.6) is 0 Å². The van der Waals surface area contributed by atoms with E-state index < -0.39 is 5.97 Å². The number of nitrogen functional groups attached to an aromatic ring is 1. The molecule has 106 valence electrons. The molecule has 2 N–H and O–H groups in total. The summed E-state index contributed by atoms with van der Waals surface area (Å²) in [5.41, 5.74) is 9.61. The average molecular weight is 299 g/mol. The molecule has 0 aliphatic rings. The Morgan fingerprint density at radius 3 is 3.00 bits per heavy atom. The number of aryl methyl sites for hydroxylation is 1. The molecule has 0 bridgehead atoms. The van der Waals surface area contributed by atoms with Crippen molar-refractivity contribution in [3.63, 3.8) is 0 Å². The van der Waals surface area contributed by atoms with Crippen molar-refractivity contribution in [3.8, 4) is 6.07 Å². The first-order valence-corrected chi connectivity index (χ1v) is 7.30. The highest BCUT2D eigenvalue weighted by molar-refractivity contribution is 7.21. The lowest BCUT2D eigenvalue weighted by Crippen LogP contribution is -2.05. The van der Waals surface area contributed by atoms with Crippen molar-refractivity contribution in [2.75, 3.05) is 12.3 Å². The second-order valence-corrected chi connectivity index (χ2v) is 5.71. The summed E-state index contributed by atoms with van der Waals surface area (Å²) in [5.74, 6) is -0.444. The highest BCUT2D eigenvalue weighted by Gasteiger charge is 2.23. The molecule has 0 amide bonds. The largest absolute Gasteiger partial charge is 0.462 e. The highest BCUT2D eigenvalue weighted by Crippen LogP contribution is 2.39. The molecule has 0 saturated heterocycles. The van der Waals surface area contributed by atoms with Crippen LogP contribution < -0.4 is 5.73 Å². The Kier molecular flexibility index (Phi) is 3.07. The van der Waals surface area contributed by atoms with Gasteiger partial charge in [0.05, 0.1) is 33.6 Å². The molecule has 3 aromatic rings. The summed E-state index contributed by atoms with van der Waals surface area (Å²) in [6, 6.07) is 6.09. The van der Waals surface area contributed by atoms with Gasteiger partial charge in [-0.2, -0.15) is 5.26 Å². The fraction of sp³-hybridized carbons (Fsp3) is 0.200. The van der Waals surface area contributed by atoms with Crippen LogP contribution in [0.1, 0.15) is 27.7 Å². The minimum atomic E-state index is -0.444. The van der Waals surface area contributed by atoms with Crippen molar-refractivity contribution in [2.24, 2.45) is 0 Å². The Labute approximate surface area is 125 Å². The summed E-state index contributed by atoms with van der Waals surface area (Å²) in [4.78, 5) is 12.3. The molecule has 0 unspecified atom stereocenters. The van der Waals surface area contributed by atoms with Gasteiger partial charge in [-0.05, 0) is 31.5 Å². The number of fused-ring (bicyclic) bond motifs is 3. The quantitative estimate of drug-likeness (QED) is 0.737. The number of rotatable bonds is 2. The summed E-state index contributed by atoms with van der Waals surface area (Å²) >= 11 is 1.21. The van der Waals surface area contributed by atoms with Gasteiger partial charge in [-0.15, -0.1) is 11.3 Å². The number of anilines is 1. The van der Waals surface area contributed by atoms with E-state index in [0.717, 1.165) is 15.8 Å². The first kappa shape index (κ1) is 13.5. The molecule has 0 saturated carbocycles. The van der Waals surface area contributed by atoms with Gasteiger partial charge in [0, 0.05) is 6.20 Å². The third-order valence-corrected chi connectivity index (χ3v) is 4.52. The third kappa shape index (κ3) is 1.86. The van der Waals surface area contributed by atoms with Gasteiger partial charge in [-0.3, -0.25) is 0 Å². The van der Waals surface area contributed by atoms with Gasteiger partial charge in [0.15, 0.2) is 0 Å². The molecule has 0 fully saturated rings. The third-order valence-electron chi connectivity index (χ3n) is 3.33. The number of ether oxygens (including phenoxy) is 1. The van der Waals surface area contributed by atoms with Gasteiger partial charge < -0.3 is 14.9 Å². The molecule has 0 spiro atoms. The molecule has 0 aromatic carbocycles. The number of esters is 1. The van der Waals surface area contributed by atoms with Crippen molar-refractivity contribution < 1.29 is 9.53 Å². The maximum absolute atomic E-state index is 11.9. The summed E-state index contributed by atoms with van der Waals surface area (Å²) < 4.78 is 7.59. The van der Waals surface area contributed by atoms with Crippen LogP contribution >= 0.6 is 11.3 Å². The Morgan fingerprint density at radius 2 is 2.33 bits per heavy atom. The smallest absolute Gasteiger partial charge is 0.350 e. The Balaban J connectivity index is 2.39. The van der Waals surface area contributed by atoms with Gasteiger partial charge in [-0.25, -0.2) is 4.79 Å². The number of carbonyl (C=O) groups is 1. The lowest BCUT2D eigenvalue weighted by molar-refractivity contribution is 0.0533. The standard InChI is InChI=1S/C15H13N3O2S/c1-3-20-15(19)14-11(17)12-13(21-14)9(7-16)10-6-8(2)4-5-18(10)12/h4-6H,3,17H2,1-2H3. The molecule has 3 heterocycles. The zero-order valence-corrected chi connectivity index (χ0v) is 12.5. The number of nitrogens with zero attached hydrogens (tertiary/aromatic N) is 2. The highest BCUT2D eigenvalue weighted by atomic mass is 32.1. The number of nitriles is 1. The van der Waals surface area contributed by atoms with Gasteiger partial charge in [-0.1, -0.05) is 0 Å². The van der Waals surface area contributed by atoms with Crippen LogP contribution in [0.3, 0.4) is 0 Å². The minimum absolute atomic E-state index is 0.290. The Hall–Kier alpha value is -2.52. The van der Waals surface area contributed by atoms with Crippen molar-refractivity contribution in [2.45, 2.75) is 13.8 Å². The van der Waals surface area contributed by atoms with Crippen LogP contribution in [0, 0.1) is 18.3 Å². The van der Waals surface area contributed by atoms with Gasteiger partial charge in [0.1, 0.15) is 10.9 Å². The Morgan fingerprint density at radius 1 is 1.57 bits per heavy atom.